The van der Waals surface area contributed by atoms with E-state index in [4.69, 9.17) is 11.6 Å². The summed E-state index contributed by atoms with van der Waals surface area (Å²) in [6.07, 6.45) is 1.38. The van der Waals surface area contributed by atoms with Crippen molar-refractivity contribution >= 4 is 29.1 Å². The Morgan fingerprint density at radius 3 is 2.85 bits per heavy atom. The van der Waals surface area contributed by atoms with Gasteiger partial charge in [0.15, 0.2) is 0 Å². The summed E-state index contributed by atoms with van der Waals surface area (Å²) >= 11 is 5.96. The van der Waals surface area contributed by atoms with Crippen molar-refractivity contribution in [1.82, 2.24) is 14.8 Å². The van der Waals surface area contributed by atoms with Gasteiger partial charge in [0.2, 0.25) is 5.95 Å². The highest BCUT2D eigenvalue weighted by molar-refractivity contribution is 6.31. The summed E-state index contributed by atoms with van der Waals surface area (Å²) in [6, 6.07) is 9.30. The molecule has 0 atom stereocenters. The smallest absolute Gasteiger partial charge is 0.270 e. The fourth-order valence-corrected chi connectivity index (χ4v) is 2.41. The maximum absolute atomic E-state index is 13.1. The second kappa shape index (κ2) is 7.28. The number of nitro groups is 1. The van der Waals surface area contributed by atoms with E-state index in [-0.39, 0.29) is 28.8 Å². The van der Waals surface area contributed by atoms with Crippen LogP contribution in [-0.4, -0.2) is 25.6 Å². The number of carbonyl (C=O) groups excluding carboxylic acids is 1. The molecule has 2 aromatic carbocycles. The van der Waals surface area contributed by atoms with Crippen molar-refractivity contribution in [1.29, 1.82) is 0 Å². The minimum atomic E-state index is -0.587. The zero-order chi connectivity index (χ0) is 18.7. The molecule has 132 valence electrons. The van der Waals surface area contributed by atoms with Gasteiger partial charge >= 0.3 is 0 Å². The van der Waals surface area contributed by atoms with Gasteiger partial charge < -0.3 is 0 Å². The lowest BCUT2D eigenvalue weighted by Crippen LogP contribution is -2.13. The number of amides is 1. The topological polar surface area (TPSA) is 103 Å². The maximum Gasteiger partial charge on any atom is 0.270 e. The molecule has 0 aliphatic rings. The summed E-state index contributed by atoms with van der Waals surface area (Å²) in [5.74, 6) is -0.992. The van der Waals surface area contributed by atoms with Crippen molar-refractivity contribution in [3.8, 4) is 0 Å². The van der Waals surface area contributed by atoms with Crippen LogP contribution in [0.3, 0.4) is 0 Å². The minimum absolute atomic E-state index is 0.0275. The van der Waals surface area contributed by atoms with E-state index in [0.29, 0.717) is 5.56 Å². The number of non-ortho nitro benzene ring substituents is 1. The summed E-state index contributed by atoms with van der Waals surface area (Å²) in [4.78, 5) is 26.3. The molecule has 0 unspecified atom stereocenters. The Morgan fingerprint density at radius 2 is 2.12 bits per heavy atom. The number of rotatable bonds is 5. The molecule has 0 aliphatic carbocycles. The van der Waals surface area contributed by atoms with Crippen molar-refractivity contribution in [3.63, 3.8) is 0 Å². The molecule has 0 saturated carbocycles. The fraction of sp³-hybridized carbons (Fsp3) is 0.0625. The van der Waals surface area contributed by atoms with Crippen molar-refractivity contribution < 1.29 is 14.1 Å². The number of anilines is 1. The average molecular weight is 376 g/mol. The first kappa shape index (κ1) is 17.5. The summed E-state index contributed by atoms with van der Waals surface area (Å²) in [5.41, 5.74) is 0.550. The summed E-state index contributed by atoms with van der Waals surface area (Å²) < 4.78 is 14.5. The van der Waals surface area contributed by atoms with Crippen LogP contribution < -0.4 is 5.32 Å². The average Bonchev–Trinajstić information content (AvgIpc) is 3.04. The molecule has 1 amide bonds. The largest absolute Gasteiger partial charge is 0.289 e. The molecule has 26 heavy (non-hydrogen) atoms. The lowest BCUT2D eigenvalue weighted by Gasteiger charge is -2.04. The monoisotopic (exact) mass is 375 g/mol. The predicted octanol–water partition coefficient (Wildman–Crippen LogP) is 3.28. The van der Waals surface area contributed by atoms with Crippen LogP contribution in [0, 0.1) is 15.9 Å². The second-order valence-corrected chi connectivity index (χ2v) is 5.67. The number of carbonyl (C=O) groups is 1. The van der Waals surface area contributed by atoms with Gasteiger partial charge in [0.1, 0.15) is 12.1 Å². The van der Waals surface area contributed by atoms with Gasteiger partial charge in [-0.2, -0.15) is 0 Å². The van der Waals surface area contributed by atoms with Crippen LogP contribution in [0.5, 0.6) is 0 Å². The number of benzene rings is 2. The molecule has 0 radical (unpaired) electrons. The van der Waals surface area contributed by atoms with Crippen LogP contribution in [0.1, 0.15) is 15.9 Å². The Hall–Kier alpha value is -3.33. The Kier molecular flexibility index (Phi) is 4.90. The van der Waals surface area contributed by atoms with Crippen molar-refractivity contribution in [2.45, 2.75) is 6.54 Å². The molecule has 0 spiro atoms. The maximum atomic E-state index is 13.1. The van der Waals surface area contributed by atoms with Crippen LogP contribution in [0.4, 0.5) is 16.0 Å². The molecule has 0 bridgehead atoms. The number of nitrogens with one attached hydrogen (secondary N) is 1. The van der Waals surface area contributed by atoms with E-state index in [0.717, 1.165) is 6.07 Å². The number of halogens is 2. The van der Waals surface area contributed by atoms with E-state index in [1.807, 2.05) is 0 Å². The van der Waals surface area contributed by atoms with E-state index >= 15 is 0 Å². The van der Waals surface area contributed by atoms with E-state index in [1.54, 1.807) is 0 Å². The Balaban J connectivity index is 1.71. The standard InChI is InChI=1S/C16H11ClFN5O3/c17-14-7-12(18)5-4-11(14)8-22-9-19-16(21-22)20-15(24)10-2-1-3-13(6-10)23(25)26/h1-7,9H,8H2,(H,20,21,24). The molecule has 1 aromatic heterocycles. The van der Waals surface area contributed by atoms with Crippen LogP contribution in [-0.2, 0) is 6.54 Å². The Bertz CT molecular complexity index is 992. The molecule has 10 heteroatoms. The van der Waals surface area contributed by atoms with E-state index in [2.05, 4.69) is 15.4 Å². The zero-order valence-electron chi connectivity index (χ0n) is 13.1. The first-order valence-electron chi connectivity index (χ1n) is 7.31. The number of nitrogens with zero attached hydrogens (tertiary/aromatic N) is 4. The number of nitro benzene ring substituents is 1. The highest BCUT2D eigenvalue weighted by Gasteiger charge is 2.13. The van der Waals surface area contributed by atoms with E-state index < -0.39 is 16.6 Å². The van der Waals surface area contributed by atoms with Crippen LogP contribution >= 0.6 is 11.6 Å². The first-order chi connectivity index (χ1) is 12.4. The molecule has 0 saturated heterocycles. The molecule has 3 rings (SSSR count). The molecular formula is C16H11ClFN5O3. The third-order valence-corrected chi connectivity index (χ3v) is 3.78. The number of aromatic nitrogens is 3. The fourth-order valence-electron chi connectivity index (χ4n) is 2.19. The van der Waals surface area contributed by atoms with Crippen molar-refractivity contribution in [2.24, 2.45) is 0 Å². The van der Waals surface area contributed by atoms with Gasteiger partial charge in [-0.3, -0.25) is 20.2 Å². The predicted molar refractivity (Wildman–Crippen MR) is 91.6 cm³/mol. The van der Waals surface area contributed by atoms with Gasteiger partial charge in [-0.05, 0) is 23.8 Å². The van der Waals surface area contributed by atoms with Crippen LogP contribution in [0.25, 0.3) is 0 Å². The zero-order valence-corrected chi connectivity index (χ0v) is 13.9. The molecule has 0 aliphatic heterocycles. The van der Waals surface area contributed by atoms with Gasteiger partial charge in [0.25, 0.3) is 11.6 Å². The molecule has 1 heterocycles. The molecule has 8 nitrogen and oxygen atoms in total. The minimum Gasteiger partial charge on any atom is -0.289 e. The summed E-state index contributed by atoms with van der Waals surface area (Å²) in [7, 11) is 0. The number of hydrogen-bond donors (Lipinski definition) is 1. The molecular weight excluding hydrogens is 365 g/mol. The first-order valence-corrected chi connectivity index (χ1v) is 7.69. The Morgan fingerprint density at radius 1 is 1.31 bits per heavy atom. The summed E-state index contributed by atoms with van der Waals surface area (Å²) in [5, 5.41) is 17.6. The molecule has 3 aromatic rings. The highest BCUT2D eigenvalue weighted by Crippen LogP contribution is 2.18. The van der Waals surface area contributed by atoms with Gasteiger partial charge in [0.05, 0.1) is 11.5 Å². The second-order valence-electron chi connectivity index (χ2n) is 5.26. The van der Waals surface area contributed by atoms with Crippen molar-refractivity contribution in [2.75, 3.05) is 5.32 Å². The highest BCUT2D eigenvalue weighted by atomic mass is 35.5. The van der Waals surface area contributed by atoms with E-state index in [9.17, 15) is 19.3 Å². The van der Waals surface area contributed by atoms with Gasteiger partial charge in [-0.15, -0.1) is 5.10 Å². The normalized spacial score (nSPS) is 10.5. The SMILES string of the molecule is O=C(Nc1ncn(Cc2ccc(F)cc2Cl)n1)c1cccc([N+](=O)[O-])c1. The lowest BCUT2D eigenvalue weighted by molar-refractivity contribution is -0.384. The van der Waals surface area contributed by atoms with Gasteiger partial charge in [-0.1, -0.05) is 23.7 Å². The van der Waals surface area contributed by atoms with Gasteiger partial charge in [0, 0.05) is 22.7 Å². The van der Waals surface area contributed by atoms with Crippen LogP contribution in [0.15, 0.2) is 48.8 Å². The Labute approximate surface area is 151 Å². The molecule has 0 fully saturated rings. The van der Waals surface area contributed by atoms with Crippen LogP contribution in [0.2, 0.25) is 5.02 Å². The third-order valence-electron chi connectivity index (χ3n) is 3.43. The summed E-state index contributed by atoms with van der Waals surface area (Å²) in [6.45, 7) is 0.235. The number of hydrogen-bond acceptors (Lipinski definition) is 5. The van der Waals surface area contributed by atoms with E-state index in [1.165, 1.54) is 47.4 Å². The lowest BCUT2D eigenvalue weighted by atomic mass is 10.2. The third kappa shape index (κ3) is 4.01. The van der Waals surface area contributed by atoms with Gasteiger partial charge in [-0.25, -0.2) is 14.1 Å². The quantitative estimate of drug-likeness (QED) is 0.544. The van der Waals surface area contributed by atoms with Crippen molar-refractivity contribution in [3.05, 3.63) is 80.9 Å². The molecule has 1 N–H and O–H groups in total.